The second kappa shape index (κ2) is 11.7. The van der Waals surface area contributed by atoms with Crippen molar-refractivity contribution >= 4 is 35.8 Å². The molecule has 1 aromatic rings. The van der Waals surface area contributed by atoms with Gasteiger partial charge in [-0.2, -0.15) is 0 Å². The van der Waals surface area contributed by atoms with E-state index in [1.54, 1.807) is 0 Å². The maximum absolute atomic E-state index is 12.7. The zero-order chi connectivity index (χ0) is 19.9. The molecule has 0 radical (unpaired) electrons. The normalized spacial score (nSPS) is 19.1. The lowest BCUT2D eigenvalue weighted by Gasteiger charge is -2.39. The number of guanidine groups is 1. The van der Waals surface area contributed by atoms with Crippen LogP contribution in [0.5, 0.6) is 0 Å². The van der Waals surface area contributed by atoms with Crippen LogP contribution in [-0.4, -0.2) is 78.9 Å². The molecule has 2 aliphatic rings. The summed E-state index contributed by atoms with van der Waals surface area (Å²) in [5.41, 5.74) is 2.71. The Bertz CT molecular complexity index is 682. The standard InChI is InChI=1S/C22H35N5O.HI/c1-4-19-9-5-6-10-20(19)17-24-22(23-3)27-15-13-25(14-16-27)18(2)21(28)26-11-7-8-12-26;/h5-6,9-10,18H,4,7-8,11-17H2,1-3H3,(H,23,24);1H. The molecular weight excluding hydrogens is 477 g/mol. The van der Waals surface area contributed by atoms with Gasteiger partial charge in [-0.25, -0.2) is 0 Å². The Morgan fingerprint density at radius 3 is 2.24 bits per heavy atom. The van der Waals surface area contributed by atoms with Gasteiger partial charge in [0, 0.05) is 52.9 Å². The van der Waals surface area contributed by atoms with Crippen LogP contribution in [0, 0.1) is 0 Å². The zero-order valence-corrected chi connectivity index (χ0v) is 20.4. The quantitative estimate of drug-likeness (QED) is 0.374. The molecule has 0 spiro atoms. The van der Waals surface area contributed by atoms with Crippen molar-refractivity contribution in [1.29, 1.82) is 0 Å². The maximum atomic E-state index is 12.7. The Balaban J connectivity index is 0.00000300. The van der Waals surface area contributed by atoms with Gasteiger partial charge in [-0.15, -0.1) is 24.0 Å². The summed E-state index contributed by atoms with van der Waals surface area (Å²) in [7, 11) is 1.85. The SMILES string of the molecule is CCc1ccccc1CNC(=NC)N1CCN(C(C)C(=O)N2CCCC2)CC1.I. The molecule has 29 heavy (non-hydrogen) atoms. The number of hydrogen-bond acceptors (Lipinski definition) is 3. The van der Waals surface area contributed by atoms with Crippen LogP contribution in [0.25, 0.3) is 0 Å². The molecular formula is C22H36IN5O. The number of carbonyl (C=O) groups is 1. The fourth-order valence-corrected chi connectivity index (χ4v) is 4.26. The molecule has 0 aromatic heterocycles. The van der Waals surface area contributed by atoms with Gasteiger partial charge in [0.1, 0.15) is 0 Å². The maximum Gasteiger partial charge on any atom is 0.239 e. The van der Waals surface area contributed by atoms with Crippen LogP contribution in [-0.2, 0) is 17.8 Å². The van der Waals surface area contributed by atoms with Crippen LogP contribution in [0.1, 0.15) is 37.8 Å². The fraction of sp³-hybridized carbons (Fsp3) is 0.636. The number of rotatable bonds is 5. The number of piperazine rings is 1. The summed E-state index contributed by atoms with van der Waals surface area (Å²) < 4.78 is 0. The number of halogens is 1. The largest absolute Gasteiger partial charge is 0.352 e. The monoisotopic (exact) mass is 513 g/mol. The van der Waals surface area contributed by atoms with Gasteiger partial charge in [0.05, 0.1) is 6.04 Å². The molecule has 2 aliphatic heterocycles. The highest BCUT2D eigenvalue weighted by Gasteiger charge is 2.30. The molecule has 0 bridgehead atoms. The zero-order valence-electron chi connectivity index (χ0n) is 18.1. The van der Waals surface area contributed by atoms with E-state index in [2.05, 4.69) is 58.2 Å². The molecule has 1 N–H and O–H groups in total. The molecule has 162 valence electrons. The van der Waals surface area contributed by atoms with Crippen molar-refractivity contribution in [3.63, 3.8) is 0 Å². The van der Waals surface area contributed by atoms with Crippen molar-refractivity contribution in [1.82, 2.24) is 20.0 Å². The third-order valence-corrected chi connectivity index (χ3v) is 6.08. The first-order chi connectivity index (χ1) is 13.6. The van der Waals surface area contributed by atoms with Gasteiger partial charge in [0.15, 0.2) is 5.96 Å². The van der Waals surface area contributed by atoms with E-state index in [9.17, 15) is 4.79 Å². The summed E-state index contributed by atoms with van der Waals surface area (Å²) in [6.45, 7) is 10.5. The average Bonchev–Trinajstić information content (AvgIpc) is 3.29. The lowest BCUT2D eigenvalue weighted by Crippen LogP contribution is -2.57. The Hall–Kier alpha value is -1.35. The fourth-order valence-electron chi connectivity index (χ4n) is 4.26. The van der Waals surface area contributed by atoms with Crippen molar-refractivity contribution in [2.45, 2.75) is 45.7 Å². The highest BCUT2D eigenvalue weighted by molar-refractivity contribution is 14.0. The van der Waals surface area contributed by atoms with E-state index in [-0.39, 0.29) is 30.0 Å². The van der Waals surface area contributed by atoms with E-state index in [4.69, 9.17) is 0 Å². The molecule has 6 nitrogen and oxygen atoms in total. The number of aryl methyl sites for hydroxylation is 1. The molecule has 7 heteroatoms. The van der Waals surface area contributed by atoms with E-state index in [0.717, 1.165) is 71.0 Å². The van der Waals surface area contributed by atoms with E-state index >= 15 is 0 Å². The highest BCUT2D eigenvalue weighted by Crippen LogP contribution is 2.14. The van der Waals surface area contributed by atoms with Crippen molar-refractivity contribution in [3.8, 4) is 0 Å². The Morgan fingerprint density at radius 1 is 1.03 bits per heavy atom. The van der Waals surface area contributed by atoms with Gasteiger partial charge in [-0.05, 0) is 37.3 Å². The summed E-state index contributed by atoms with van der Waals surface area (Å²) in [6, 6.07) is 8.55. The third-order valence-electron chi connectivity index (χ3n) is 6.08. The Kier molecular flexibility index (Phi) is 9.68. The van der Waals surface area contributed by atoms with Crippen molar-refractivity contribution < 1.29 is 4.79 Å². The number of nitrogens with one attached hydrogen (secondary N) is 1. The Labute approximate surface area is 192 Å². The van der Waals surface area contributed by atoms with Crippen LogP contribution in [0.4, 0.5) is 0 Å². The second-order valence-electron chi connectivity index (χ2n) is 7.75. The van der Waals surface area contributed by atoms with Gasteiger partial charge in [-0.3, -0.25) is 14.7 Å². The molecule has 1 amide bonds. The van der Waals surface area contributed by atoms with Crippen molar-refractivity contribution in [2.24, 2.45) is 4.99 Å². The second-order valence-corrected chi connectivity index (χ2v) is 7.75. The Morgan fingerprint density at radius 2 is 1.66 bits per heavy atom. The van der Waals surface area contributed by atoms with E-state index in [0.29, 0.717) is 5.91 Å². The summed E-state index contributed by atoms with van der Waals surface area (Å²) in [5.74, 6) is 1.24. The minimum atomic E-state index is -0.0216. The summed E-state index contributed by atoms with van der Waals surface area (Å²) in [4.78, 5) is 23.8. The first kappa shape index (κ1) is 23.9. The summed E-state index contributed by atoms with van der Waals surface area (Å²) >= 11 is 0. The predicted octanol–water partition coefficient (Wildman–Crippen LogP) is 2.57. The van der Waals surface area contributed by atoms with Gasteiger partial charge < -0.3 is 15.1 Å². The third kappa shape index (κ3) is 6.07. The molecule has 0 aliphatic carbocycles. The number of likely N-dealkylation sites (tertiary alicyclic amines) is 1. The molecule has 0 saturated carbocycles. The first-order valence-corrected chi connectivity index (χ1v) is 10.7. The van der Waals surface area contributed by atoms with Gasteiger partial charge >= 0.3 is 0 Å². The van der Waals surface area contributed by atoms with E-state index in [1.807, 2.05) is 11.9 Å². The number of nitrogens with zero attached hydrogens (tertiary/aromatic N) is 4. The summed E-state index contributed by atoms with van der Waals surface area (Å²) in [6.07, 6.45) is 3.34. The minimum absolute atomic E-state index is 0. The van der Waals surface area contributed by atoms with Crippen LogP contribution < -0.4 is 5.32 Å². The molecule has 2 fully saturated rings. The van der Waals surface area contributed by atoms with Crippen LogP contribution in [0.3, 0.4) is 0 Å². The van der Waals surface area contributed by atoms with Crippen LogP contribution in [0.15, 0.2) is 29.3 Å². The van der Waals surface area contributed by atoms with Crippen molar-refractivity contribution in [3.05, 3.63) is 35.4 Å². The molecule has 2 saturated heterocycles. The number of amides is 1. The smallest absolute Gasteiger partial charge is 0.239 e. The van der Waals surface area contributed by atoms with Crippen molar-refractivity contribution in [2.75, 3.05) is 46.3 Å². The van der Waals surface area contributed by atoms with Gasteiger partial charge in [0.25, 0.3) is 0 Å². The lowest BCUT2D eigenvalue weighted by molar-refractivity contribution is -0.135. The molecule has 2 heterocycles. The molecule has 1 unspecified atom stereocenters. The van der Waals surface area contributed by atoms with Crippen LogP contribution >= 0.6 is 24.0 Å². The number of carbonyl (C=O) groups excluding carboxylic acids is 1. The minimum Gasteiger partial charge on any atom is -0.352 e. The van der Waals surface area contributed by atoms with E-state index in [1.165, 1.54) is 11.1 Å². The van der Waals surface area contributed by atoms with Gasteiger partial charge in [0.2, 0.25) is 5.91 Å². The predicted molar refractivity (Wildman–Crippen MR) is 130 cm³/mol. The van der Waals surface area contributed by atoms with E-state index < -0.39 is 0 Å². The molecule has 1 atom stereocenters. The first-order valence-electron chi connectivity index (χ1n) is 10.7. The topological polar surface area (TPSA) is 51.2 Å². The highest BCUT2D eigenvalue weighted by atomic mass is 127. The van der Waals surface area contributed by atoms with Gasteiger partial charge in [-0.1, -0.05) is 31.2 Å². The van der Waals surface area contributed by atoms with Crippen LogP contribution in [0.2, 0.25) is 0 Å². The molecule has 3 rings (SSSR count). The average molecular weight is 513 g/mol. The summed E-state index contributed by atoms with van der Waals surface area (Å²) in [5, 5.41) is 3.52. The number of benzene rings is 1. The molecule has 1 aromatic carbocycles. The number of hydrogen-bond donors (Lipinski definition) is 1. The lowest BCUT2D eigenvalue weighted by atomic mass is 10.1. The number of aliphatic imine (C=N–C) groups is 1.